The third kappa shape index (κ3) is 3.89. The van der Waals surface area contributed by atoms with Crippen LogP contribution in [0.1, 0.15) is 17.5 Å². The summed E-state index contributed by atoms with van der Waals surface area (Å²) in [5.74, 6) is 0.524. The Balaban J connectivity index is 1.74. The van der Waals surface area contributed by atoms with Crippen LogP contribution in [-0.2, 0) is 9.59 Å². The number of hydrogen-bond acceptors (Lipinski definition) is 4. The summed E-state index contributed by atoms with van der Waals surface area (Å²) in [7, 11) is 3.11. The standard InChI is InChI=1S/C21H24N2O4/c1-13-5-7-17(14(2)9-13)22-21(25)15-10-20(24)23(12-15)16-6-8-18(26-3)19(11-16)27-4/h5-9,11,15H,10,12H2,1-4H3,(H,22,25). The Morgan fingerprint density at radius 1 is 1.07 bits per heavy atom. The number of anilines is 2. The molecule has 3 rings (SSSR count). The summed E-state index contributed by atoms with van der Waals surface area (Å²) in [5.41, 5.74) is 3.62. The van der Waals surface area contributed by atoms with E-state index in [1.807, 2.05) is 32.0 Å². The van der Waals surface area contributed by atoms with Crippen LogP contribution in [0.2, 0.25) is 0 Å². The summed E-state index contributed by atoms with van der Waals surface area (Å²) in [4.78, 5) is 26.8. The molecule has 1 saturated heterocycles. The Morgan fingerprint density at radius 3 is 2.48 bits per heavy atom. The highest BCUT2D eigenvalue weighted by Crippen LogP contribution is 2.34. The molecule has 2 aromatic rings. The number of benzene rings is 2. The van der Waals surface area contributed by atoms with Crippen LogP contribution in [0.15, 0.2) is 36.4 Å². The Labute approximate surface area is 159 Å². The highest BCUT2D eigenvalue weighted by atomic mass is 16.5. The molecule has 6 nitrogen and oxygen atoms in total. The molecule has 0 saturated carbocycles. The van der Waals surface area contributed by atoms with Crippen molar-refractivity contribution in [3.05, 3.63) is 47.5 Å². The van der Waals surface area contributed by atoms with Crippen LogP contribution in [0.3, 0.4) is 0 Å². The van der Waals surface area contributed by atoms with Crippen LogP contribution in [0.5, 0.6) is 11.5 Å². The molecule has 1 N–H and O–H groups in total. The minimum atomic E-state index is -0.397. The lowest BCUT2D eigenvalue weighted by Gasteiger charge is -2.19. The van der Waals surface area contributed by atoms with Crippen LogP contribution in [0.25, 0.3) is 0 Å². The Bertz CT molecular complexity index is 878. The second-order valence-corrected chi connectivity index (χ2v) is 6.75. The van der Waals surface area contributed by atoms with E-state index in [1.54, 1.807) is 37.3 Å². The molecule has 1 fully saturated rings. The van der Waals surface area contributed by atoms with E-state index in [1.165, 1.54) is 0 Å². The predicted octanol–water partition coefficient (Wildman–Crippen LogP) is 3.31. The number of carbonyl (C=O) groups is 2. The Kier molecular flexibility index (Phi) is 5.35. The summed E-state index contributed by atoms with van der Waals surface area (Å²) in [6.07, 6.45) is 0.186. The van der Waals surface area contributed by atoms with Crippen molar-refractivity contribution in [3.8, 4) is 11.5 Å². The number of amides is 2. The van der Waals surface area contributed by atoms with Gasteiger partial charge in [0.25, 0.3) is 0 Å². The van der Waals surface area contributed by atoms with Gasteiger partial charge in [0.15, 0.2) is 11.5 Å². The molecule has 27 heavy (non-hydrogen) atoms. The van der Waals surface area contributed by atoms with Gasteiger partial charge in [0.05, 0.1) is 20.1 Å². The summed E-state index contributed by atoms with van der Waals surface area (Å²) >= 11 is 0. The van der Waals surface area contributed by atoms with E-state index in [4.69, 9.17) is 9.47 Å². The number of aryl methyl sites for hydroxylation is 2. The van der Waals surface area contributed by atoms with Crippen molar-refractivity contribution in [1.29, 1.82) is 0 Å². The third-order valence-electron chi connectivity index (χ3n) is 4.81. The number of nitrogens with zero attached hydrogens (tertiary/aromatic N) is 1. The van der Waals surface area contributed by atoms with E-state index < -0.39 is 5.92 Å². The summed E-state index contributed by atoms with van der Waals surface area (Å²) < 4.78 is 10.5. The smallest absolute Gasteiger partial charge is 0.229 e. The quantitative estimate of drug-likeness (QED) is 0.879. The maximum atomic E-state index is 12.7. The molecule has 0 bridgehead atoms. The maximum Gasteiger partial charge on any atom is 0.229 e. The average Bonchev–Trinajstić information content (AvgIpc) is 3.05. The van der Waals surface area contributed by atoms with E-state index in [2.05, 4.69) is 5.32 Å². The summed E-state index contributed by atoms with van der Waals surface area (Å²) in [6, 6.07) is 11.2. The van der Waals surface area contributed by atoms with Gasteiger partial charge in [-0.3, -0.25) is 9.59 Å². The third-order valence-corrected chi connectivity index (χ3v) is 4.81. The molecule has 1 aliphatic heterocycles. The largest absolute Gasteiger partial charge is 0.493 e. The SMILES string of the molecule is COc1ccc(N2CC(C(=O)Nc3ccc(C)cc3C)CC2=O)cc1OC. The lowest BCUT2D eigenvalue weighted by molar-refractivity contribution is -0.122. The Hall–Kier alpha value is -3.02. The lowest BCUT2D eigenvalue weighted by atomic mass is 10.1. The molecule has 6 heteroatoms. The molecule has 2 amide bonds. The van der Waals surface area contributed by atoms with Crippen molar-refractivity contribution in [2.45, 2.75) is 20.3 Å². The number of methoxy groups -OCH3 is 2. The number of rotatable bonds is 5. The first kappa shape index (κ1) is 18.8. The average molecular weight is 368 g/mol. The van der Waals surface area contributed by atoms with Crippen molar-refractivity contribution in [1.82, 2.24) is 0 Å². The molecule has 1 unspecified atom stereocenters. The summed E-state index contributed by atoms with van der Waals surface area (Å²) in [6.45, 7) is 4.30. The van der Waals surface area contributed by atoms with Crippen molar-refractivity contribution in [2.24, 2.45) is 5.92 Å². The van der Waals surface area contributed by atoms with Gasteiger partial charge in [-0.1, -0.05) is 17.7 Å². The van der Waals surface area contributed by atoms with Crippen molar-refractivity contribution < 1.29 is 19.1 Å². The van der Waals surface area contributed by atoms with Gasteiger partial charge in [0, 0.05) is 30.4 Å². The van der Waals surface area contributed by atoms with E-state index in [0.717, 1.165) is 16.8 Å². The van der Waals surface area contributed by atoms with Gasteiger partial charge in [0.1, 0.15) is 0 Å². The zero-order chi connectivity index (χ0) is 19.6. The fraction of sp³-hybridized carbons (Fsp3) is 0.333. The molecule has 0 aromatic heterocycles. The van der Waals surface area contributed by atoms with Gasteiger partial charge >= 0.3 is 0 Å². The van der Waals surface area contributed by atoms with Gasteiger partial charge in [-0.25, -0.2) is 0 Å². The zero-order valence-corrected chi connectivity index (χ0v) is 16.0. The molecule has 0 aliphatic carbocycles. The molecular formula is C21H24N2O4. The van der Waals surface area contributed by atoms with Crippen molar-refractivity contribution in [2.75, 3.05) is 31.0 Å². The normalized spacial score (nSPS) is 16.4. The van der Waals surface area contributed by atoms with Gasteiger partial charge in [-0.05, 0) is 37.6 Å². The monoisotopic (exact) mass is 368 g/mol. The number of ether oxygens (including phenoxy) is 2. The minimum Gasteiger partial charge on any atom is -0.493 e. The predicted molar refractivity (Wildman–Crippen MR) is 105 cm³/mol. The van der Waals surface area contributed by atoms with Crippen LogP contribution in [0, 0.1) is 19.8 Å². The van der Waals surface area contributed by atoms with E-state index in [9.17, 15) is 9.59 Å². The van der Waals surface area contributed by atoms with Crippen LogP contribution in [-0.4, -0.2) is 32.6 Å². The Morgan fingerprint density at radius 2 is 1.81 bits per heavy atom. The lowest BCUT2D eigenvalue weighted by Crippen LogP contribution is -2.28. The van der Waals surface area contributed by atoms with Crippen LogP contribution >= 0.6 is 0 Å². The van der Waals surface area contributed by atoms with Crippen molar-refractivity contribution in [3.63, 3.8) is 0 Å². The van der Waals surface area contributed by atoms with Gasteiger partial charge in [-0.15, -0.1) is 0 Å². The summed E-state index contributed by atoms with van der Waals surface area (Å²) in [5, 5.41) is 2.95. The van der Waals surface area contributed by atoms with Gasteiger partial charge in [0.2, 0.25) is 11.8 Å². The first-order chi connectivity index (χ1) is 12.9. The molecule has 0 radical (unpaired) electrons. The second kappa shape index (κ2) is 7.70. The highest BCUT2D eigenvalue weighted by Gasteiger charge is 2.35. The second-order valence-electron chi connectivity index (χ2n) is 6.75. The molecule has 142 valence electrons. The number of hydrogen-bond donors (Lipinski definition) is 1. The van der Waals surface area contributed by atoms with Crippen LogP contribution in [0.4, 0.5) is 11.4 Å². The number of nitrogens with one attached hydrogen (secondary N) is 1. The first-order valence-corrected chi connectivity index (χ1v) is 8.83. The zero-order valence-electron chi connectivity index (χ0n) is 16.0. The van der Waals surface area contributed by atoms with Crippen LogP contribution < -0.4 is 19.7 Å². The fourth-order valence-corrected chi connectivity index (χ4v) is 3.31. The minimum absolute atomic E-state index is 0.0806. The molecule has 0 spiro atoms. The number of carbonyl (C=O) groups excluding carboxylic acids is 2. The molecule has 1 heterocycles. The van der Waals surface area contributed by atoms with E-state index in [0.29, 0.717) is 23.7 Å². The fourth-order valence-electron chi connectivity index (χ4n) is 3.31. The molecule has 1 atom stereocenters. The van der Waals surface area contributed by atoms with Gasteiger partial charge in [-0.2, -0.15) is 0 Å². The van der Waals surface area contributed by atoms with E-state index in [-0.39, 0.29) is 18.2 Å². The topological polar surface area (TPSA) is 67.9 Å². The van der Waals surface area contributed by atoms with Gasteiger partial charge < -0.3 is 19.7 Å². The van der Waals surface area contributed by atoms with E-state index >= 15 is 0 Å². The highest BCUT2D eigenvalue weighted by molar-refractivity contribution is 6.03. The molecular weight excluding hydrogens is 344 g/mol. The molecule has 1 aliphatic rings. The maximum absolute atomic E-state index is 12.7. The van der Waals surface area contributed by atoms with Crippen molar-refractivity contribution >= 4 is 23.2 Å². The molecule has 2 aromatic carbocycles. The first-order valence-electron chi connectivity index (χ1n) is 8.83.